The SMILES string of the molecule is COc1ccccc1-c1csc(NC(=O)COc2ccc3c(C)cc(=O)oc3c2)n1. The summed E-state index contributed by atoms with van der Waals surface area (Å²) in [4.78, 5) is 28.2. The van der Waals surface area contributed by atoms with Gasteiger partial charge in [-0.25, -0.2) is 9.78 Å². The van der Waals surface area contributed by atoms with Crippen LogP contribution in [-0.2, 0) is 4.79 Å². The van der Waals surface area contributed by atoms with Gasteiger partial charge in [0.1, 0.15) is 17.1 Å². The molecular weight excluding hydrogens is 404 g/mol. The molecule has 8 heteroatoms. The molecule has 2 aromatic carbocycles. The van der Waals surface area contributed by atoms with Crippen molar-refractivity contribution in [2.45, 2.75) is 6.92 Å². The fourth-order valence-electron chi connectivity index (χ4n) is 3.01. The van der Waals surface area contributed by atoms with Crippen LogP contribution in [0.3, 0.4) is 0 Å². The fourth-order valence-corrected chi connectivity index (χ4v) is 3.74. The number of carbonyl (C=O) groups is 1. The molecule has 0 aliphatic heterocycles. The molecule has 152 valence electrons. The Morgan fingerprint density at radius 2 is 2.03 bits per heavy atom. The summed E-state index contributed by atoms with van der Waals surface area (Å²) in [5.41, 5.74) is 2.37. The zero-order valence-electron chi connectivity index (χ0n) is 16.3. The number of carbonyl (C=O) groups excluding carboxylic acids is 1. The van der Waals surface area contributed by atoms with E-state index in [1.54, 1.807) is 25.3 Å². The molecule has 0 aliphatic rings. The van der Waals surface area contributed by atoms with Crippen LogP contribution in [0.2, 0.25) is 0 Å². The summed E-state index contributed by atoms with van der Waals surface area (Å²) in [6.45, 7) is 1.63. The number of benzene rings is 2. The normalized spacial score (nSPS) is 10.7. The second-order valence-electron chi connectivity index (χ2n) is 6.48. The number of fused-ring (bicyclic) bond motifs is 1. The Labute approximate surface area is 175 Å². The minimum Gasteiger partial charge on any atom is -0.496 e. The highest BCUT2D eigenvalue weighted by Crippen LogP contribution is 2.31. The molecule has 0 saturated heterocycles. The largest absolute Gasteiger partial charge is 0.496 e. The van der Waals surface area contributed by atoms with Crippen LogP contribution >= 0.6 is 11.3 Å². The first kappa shape index (κ1) is 19.7. The van der Waals surface area contributed by atoms with Crippen molar-refractivity contribution in [1.29, 1.82) is 0 Å². The number of nitrogens with zero attached hydrogens (tertiary/aromatic N) is 1. The van der Waals surface area contributed by atoms with E-state index in [1.807, 2.05) is 36.6 Å². The molecule has 0 fully saturated rings. The number of aromatic nitrogens is 1. The van der Waals surface area contributed by atoms with Crippen molar-refractivity contribution in [3.05, 3.63) is 69.9 Å². The van der Waals surface area contributed by atoms with Gasteiger partial charge in [0.2, 0.25) is 0 Å². The van der Waals surface area contributed by atoms with Crippen LogP contribution in [0.1, 0.15) is 5.56 Å². The summed E-state index contributed by atoms with van der Waals surface area (Å²) in [7, 11) is 1.60. The van der Waals surface area contributed by atoms with Gasteiger partial charge in [-0.1, -0.05) is 12.1 Å². The lowest BCUT2D eigenvalue weighted by molar-refractivity contribution is -0.118. The maximum absolute atomic E-state index is 12.3. The van der Waals surface area contributed by atoms with E-state index in [1.165, 1.54) is 17.4 Å². The number of hydrogen-bond acceptors (Lipinski definition) is 7. The van der Waals surface area contributed by atoms with Crippen LogP contribution in [0, 0.1) is 6.92 Å². The first-order chi connectivity index (χ1) is 14.5. The Balaban J connectivity index is 1.41. The van der Waals surface area contributed by atoms with Gasteiger partial charge in [0.25, 0.3) is 5.91 Å². The van der Waals surface area contributed by atoms with Crippen LogP contribution in [0.25, 0.3) is 22.2 Å². The smallest absolute Gasteiger partial charge is 0.336 e. The molecule has 0 bridgehead atoms. The van der Waals surface area contributed by atoms with Crippen molar-refractivity contribution < 1.29 is 18.7 Å². The van der Waals surface area contributed by atoms with Gasteiger partial charge in [-0.15, -0.1) is 11.3 Å². The lowest BCUT2D eigenvalue weighted by Gasteiger charge is -2.07. The number of thiazole rings is 1. The van der Waals surface area contributed by atoms with Gasteiger partial charge in [-0.3, -0.25) is 10.1 Å². The Morgan fingerprint density at radius 1 is 1.20 bits per heavy atom. The summed E-state index contributed by atoms with van der Waals surface area (Å²) in [5, 5.41) is 5.85. The van der Waals surface area contributed by atoms with Gasteiger partial charge in [-0.2, -0.15) is 0 Å². The van der Waals surface area contributed by atoms with Crippen molar-refractivity contribution in [2.75, 3.05) is 19.0 Å². The number of anilines is 1. The number of methoxy groups -OCH3 is 1. The third-order valence-corrected chi connectivity index (χ3v) is 5.18. The van der Waals surface area contributed by atoms with E-state index in [-0.39, 0.29) is 12.5 Å². The molecule has 2 heterocycles. The van der Waals surface area contributed by atoms with Crippen molar-refractivity contribution in [1.82, 2.24) is 4.98 Å². The van der Waals surface area contributed by atoms with E-state index in [4.69, 9.17) is 13.9 Å². The molecule has 30 heavy (non-hydrogen) atoms. The summed E-state index contributed by atoms with van der Waals surface area (Å²) >= 11 is 1.31. The van der Waals surface area contributed by atoms with Crippen molar-refractivity contribution in [3.8, 4) is 22.8 Å². The molecule has 4 rings (SSSR count). The number of hydrogen-bond donors (Lipinski definition) is 1. The number of amides is 1. The van der Waals surface area contributed by atoms with Gasteiger partial charge in [0.15, 0.2) is 11.7 Å². The second-order valence-corrected chi connectivity index (χ2v) is 7.34. The fraction of sp³-hybridized carbons (Fsp3) is 0.136. The van der Waals surface area contributed by atoms with Crippen molar-refractivity contribution >= 4 is 33.3 Å². The van der Waals surface area contributed by atoms with Gasteiger partial charge >= 0.3 is 5.63 Å². The predicted octanol–water partition coefficient (Wildman–Crippen LogP) is 4.25. The van der Waals surface area contributed by atoms with Crippen LogP contribution in [-0.4, -0.2) is 24.6 Å². The molecule has 0 atom stereocenters. The second kappa shape index (κ2) is 8.38. The third kappa shape index (κ3) is 4.18. The van der Waals surface area contributed by atoms with E-state index in [0.717, 1.165) is 16.5 Å². The van der Waals surface area contributed by atoms with E-state index < -0.39 is 5.63 Å². The first-order valence-corrected chi connectivity index (χ1v) is 9.97. The van der Waals surface area contributed by atoms with Gasteiger partial charge in [0.05, 0.1) is 12.8 Å². The molecule has 0 saturated carbocycles. The van der Waals surface area contributed by atoms with Gasteiger partial charge in [0, 0.05) is 28.5 Å². The third-order valence-electron chi connectivity index (χ3n) is 4.43. The quantitative estimate of drug-likeness (QED) is 0.467. The van der Waals surface area contributed by atoms with E-state index in [2.05, 4.69) is 10.3 Å². The Hall–Kier alpha value is -3.65. The average Bonchev–Trinajstić information content (AvgIpc) is 3.20. The highest BCUT2D eigenvalue weighted by Gasteiger charge is 2.12. The molecule has 4 aromatic rings. The van der Waals surface area contributed by atoms with Crippen LogP contribution in [0.15, 0.2) is 63.1 Å². The minimum atomic E-state index is -0.426. The van der Waals surface area contributed by atoms with Crippen LogP contribution in [0.4, 0.5) is 5.13 Å². The maximum atomic E-state index is 12.3. The van der Waals surface area contributed by atoms with Crippen LogP contribution < -0.4 is 20.4 Å². The first-order valence-electron chi connectivity index (χ1n) is 9.09. The number of aryl methyl sites for hydroxylation is 1. The van der Waals surface area contributed by atoms with E-state index in [0.29, 0.717) is 27.9 Å². The highest BCUT2D eigenvalue weighted by molar-refractivity contribution is 7.14. The summed E-state index contributed by atoms with van der Waals surface area (Å²) in [5.74, 6) is 0.796. The zero-order chi connectivity index (χ0) is 21.1. The Kier molecular flexibility index (Phi) is 5.49. The van der Waals surface area contributed by atoms with Crippen molar-refractivity contribution in [3.63, 3.8) is 0 Å². The summed E-state index contributed by atoms with van der Waals surface area (Å²) in [6, 6.07) is 14.1. The molecule has 0 aliphatic carbocycles. The average molecular weight is 422 g/mol. The maximum Gasteiger partial charge on any atom is 0.336 e. The molecular formula is C22H18N2O5S. The standard InChI is InChI=1S/C22H18N2O5S/c1-13-9-21(26)29-19-10-14(7-8-15(13)19)28-11-20(25)24-22-23-17(12-30-22)16-5-3-4-6-18(16)27-2/h3-10,12H,11H2,1-2H3,(H,23,24,25). The van der Waals surface area contributed by atoms with Crippen molar-refractivity contribution in [2.24, 2.45) is 0 Å². The molecule has 0 unspecified atom stereocenters. The monoisotopic (exact) mass is 422 g/mol. The highest BCUT2D eigenvalue weighted by atomic mass is 32.1. The van der Waals surface area contributed by atoms with Gasteiger partial charge < -0.3 is 13.9 Å². The van der Waals surface area contributed by atoms with E-state index in [9.17, 15) is 9.59 Å². The number of nitrogens with one attached hydrogen (secondary N) is 1. The molecule has 0 spiro atoms. The van der Waals surface area contributed by atoms with Crippen LogP contribution in [0.5, 0.6) is 11.5 Å². The number of ether oxygens (including phenoxy) is 2. The summed E-state index contributed by atoms with van der Waals surface area (Å²) < 4.78 is 16.1. The lowest BCUT2D eigenvalue weighted by atomic mass is 10.1. The zero-order valence-corrected chi connectivity index (χ0v) is 17.1. The topological polar surface area (TPSA) is 90.7 Å². The summed E-state index contributed by atoms with van der Waals surface area (Å²) in [6.07, 6.45) is 0. The molecule has 7 nitrogen and oxygen atoms in total. The molecule has 2 aromatic heterocycles. The predicted molar refractivity (Wildman–Crippen MR) is 115 cm³/mol. The number of para-hydroxylation sites is 1. The molecule has 1 N–H and O–H groups in total. The van der Waals surface area contributed by atoms with E-state index >= 15 is 0 Å². The van der Waals surface area contributed by atoms with Gasteiger partial charge in [-0.05, 0) is 36.8 Å². The Morgan fingerprint density at radius 3 is 2.87 bits per heavy atom. The Bertz CT molecular complexity index is 1280. The lowest BCUT2D eigenvalue weighted by Crippen LogP contribution is -2.20. The number of rotatable bonds is 6. The molecule has 0 radical (unpaired) electrons. The minimum absolute atomic E-state index is 0.203. The molecule has 1 amide bonds.